The van der Waals surface area contributed by atoms with E-state index in [9.17, 15) is 4.79 Å². The molecule has 2 heterocycles. The van der Waals surface area contributed by atoms with Gasteiger partial charge in [0, 0.05) is 6.04 Å². The summed E-state index contributed by atoms with van der Waals surface area (Å²) in [4.78, 5) is 18.3. The first-order chi connectivity index (χ1) is 9.72. The number of thiazole rings is 1. The molecule has 20 heavy (non-hydrogen) atoms. The predicted molar refractivity (Wildman–Crippen MR) is 83.2 cm³/mol. The van der Waals surface area contributed by atoms with Crippen molar-refractivity contribution in [2.45, 2.75) is 18.9 Å². The Kier molecular flexibility index (Phi) is 2.61. The molecule has 2 fully saturated rings. The highest BCUT2D eigenvalue weighted by molar-refractivity contribution is 7.80. The molecule has 0 atom stereocenters. The number of thiocarbonyl (C=S) groups is 1. The summed E-state index contributed by atoms with van der Waals surface area (Å²) in [6, 6.07) is 6.27. The van der Waals surface area contributed by atoms with Gasteiger partial charge >= 0.3 is 0 Å². The molecular weight excluding hydrogens is 290 g/mol. The van der Waals surface area contributed by atoms with Crippen molar-refractivity contribution in [3.05, 3.63) is 35.0 Å². The number of amides is 1. The number of nitrogens with one attached hydrogen (secondary N) is 1. The van der Waals surface area contributed by atoms with Crippen LogP contribution in [0.5, 0.6) is 0 Å². The van der Waals surface area contributed by atoms with Crippen LogP contribution < -0.4 is 5.32 Å². The average Bonchev–Trinajstić information content (AvgIpc) is 3.07. The Morgan fingerprint density at radius 2 is 2.30 bits per heavy atom. The molecule has 1 aromatic heterocycles. The fourth-order valence-corrected chi connectivity index (χ4v) is 3.41. The lowest BCUT2D eigenvalue weighted by Crippen LogP contribution is -2.32. The Hall–Kier alpha value is -1.79. The van der Waals surface area contributed by atoms with Crippen molar-refractivity contribution in [2.24, 2.45) is 0 Å². The maximum Gasteiger partial charge on any atom is 0.276 e. The quantitative estimate of drug-likeness (QED) is 0.684. The molecule has 0 spiro atoms. The third-order valence-corrected chi connectivity index (χ3v) is 4.58. The van der Waals surface area contributed by atoms with Gasteiger partial charge in [-0.1, -0.05) is 6.07 Å². The lowest BCUT2D eigenvalue weighted by Gasteiger charge is -2.11. The fraction of sp³-hybridized carbons (Fsp3) is 0.214. The van der Waals surface area contributed by atoms with Crippen LogP contribution in [0.4, 0.5) is 0 Å². The van der Waals surface area contributed by atoms with Gasteiger partial charge in [-0.05, 0) is 48.8 Å². The van der Waals surface area contributed by atoms with E-state index in [1.165, 1.54) is 0 Å². The molecule has 0 radical (unpaired) electrons. The zero-order chi connectivity index (χ0) is 13.7. The molecule has 100 valence electrons. The van der Waals surface area contributed by atoms with Crippen molar-refractivity contribution in [2.75, 3.05) is 0 Å². The standard InChI is InChI=1S/C14H11N3OS2/c18-13-11(16-14(19)17(13)9-2-3-9)5-8-1-4-10-12(6-8)20-7-15-10/h1,4-7,9H,2-3H2,(H,16,19)/b11-5-. The van der Waals surface area contributed by atoms with Gasteiger partial charge in [-0.3, -0.25) is 9.69 Å². The summed E-state index contributed by atoms with van der Waals surface area (Å²) >= 11 is 6.83. The van der Waals surface area contributed by atoms with Gasteiger partial charge in [0.1, 0.15) is 5.70 Å². The first-order valence-corrected chi connectivity index (χ1v) is 7.71. The predicted octanol–water partition coefficient (Wildman–Crippen LogP) is 2.52. The molecule has 1 aliphatic heterocycles. The number of carbonyl (C=O) groups is 1. The van der Waals surface area contributed by atoms with Gasteiger partial charge in [0.25, 0.3) is 5.91 Å². The minimum absolute atomic E-state index is 0.0121. The topological polar surface area (TPSA) is 45.2 Å². The number of aromatic nitrogens is 1. The van der Waals surface area contributed by atoms with Crippen molar-refractivity contribution >= 4 is 50.9 Å². The second-order valence-corrected chi connectivity index (χ2v) is 6.25. The number of nitrogens with zero attached hydrogens (tertiary/aromatic N) is 2. The zero-order valence-electron chi connectivity index (χ0n) is 10.5. The Bertz CT molecular complexity index is 761. The first-order valence-electron chi connectivity index (χ1n) is 6.42. The van der Waals surface area contributed by atoms with E-state index in [4.69, 9.17) is 12.2 Å². The van der Waals surface area contributed by atoms with E-state index in [0.29, 0.717) is 16.9 Å². The molecule has 2 aliphatic rings. The van der Waals surface area contributed by atoms with Crippen molar-refractivity contribution in [1.29, 1.82) is 0 Å². The van der Waals surface area contributed by atoms with E-state index in [1.54, 1.807) is 16.2 Å². The third-order valence-electron chi connectivity index (χ3n) is 3.49. The molecule has 0 bridgehead atoms. The Morgan fingerprint density at radius 1 is 1.45 bits per heavy atom. The molecule has 1 aliphatic carbocycles. The van der Waals surface area contributed by atoms with E-state index >= 15 is 0 Å². The summed E-state index contributed by atoms with van der Waals surface area (Å²) in [7, 11) is 0. The minimum Gasteiger partial charge on any atom is -0.328 e. The van der Waals surface area contributed by atoms with Crippen LogP contribution in [0.2, 0.25) is 0 Å². The third kappa shape index (κ3) is 1.92. The van der Waals surface area contributed by atoms with Gasteiger partial charge in [-0.25, -0.2) is 4.98 Å². The van der Waals surface area contributed by atoms with Crippen molar-refractivity contribution in [3.8, 4) is 0 Å². The summed E-state index contributed by atoms with van der Waals surface area (Å²) in [6.45, 7) is 0. The van der Waals surface area contributed by atoms with Crippen molar-refractivity contribution in [1.82, 2.24) is 15.2 Å². The normalized spacial score (nSPS) is 21.0. The Morgan fingerprint density at radius 3 is 3.10 bits per heavy atom. The maximum atomic E-state index is 12.3. The Labute approximate surface area is 125 Å². The van der Waals surface area contributed by atoms with Crippen LogP contribution in [0.1, 0.15) is 18.4 Å². The molecule has 4 nitrogen and oxygen atoms in total. The summed E-state index contributed by atoms with van der Waals surface area (Å²) < 4.78 is 1.12. The lowest BCUT2D eigenvalue weighted by atomic mass is 10.2. The molecular formula is C14H11N3OS2. The average molecular weight is 301 g/mol. The molecule has 1 saturated carbocycles. The number of carbonyl (C=O) groups excluding carboxylic acids is 1. The van der Waals surface area contributed by atoms with Crippen molar-refractivity contribution < 1.29 is 4.79 Å². The van der Waals surface area contributed by atoms with Gasteiger partial charge in [0.05, 0.1) is 15.7 Å². The van der Waals surface area contributed by atoms with Crippen LogP contribution in [0.3, 0.4) is 0 Å². The molecule has 6 heteroatoms. The van der Waals surface area contributed by atoms with Gasteiger partial charge in [0.15, 0.2) is 5.11 Å². The summed E-state index contributed by atoms with van der Waals surface area (Å²) in [6.07, 6.45) is 3.96. The van der Waals surface area contributed by atoms with Gasteiger partial charge < -0.3 is 5.32 Å². The van der Waals surface area contributed by atoms with Crippen LogP contribution in [0, 0.1) is 0 Å². The van der Waals surface area contributed by atoms with E-state index in [0.717, 1.165) is 28.6 Å². The highest BCUT2D eigenvalue weighted by Crippen LogP contribution is 2.31. The summed E-state index contributed by atoms with van der Waals surface area (Å²) in [5.41, 5.74) is 4.35. The molecule has 0 unspecified atom stereocenters. The molecule has 1 amide bonds. The summed E-state index contributed by atoms with van der Waals surface area (Å²) in [5.74, 6) is -0.0121. The summed E-state index contributed by atoms with van der Waals surface area (Å²) in [5, 5.41) is 3.55. The van der Waals surface area contributed by atoms with Gasteiger partial charge in [0.2, 0.25) is 0 Å². The number of hydrogen-bond acceptors (Lipinski definition) is 4. The van der Waals surface area contributed by atoms with Gasteiger partial charge in [-0.15, -0.1) is 11.3 Å². The van der Waals surface area contributed by atoms with Crippen LogP contribution in [-0.2, 0) is 4.79 Å². The molecule has 1 saturated heterocycles. The number of rotatable bonds is 2. The molecule has 1 aromatic carbocycles. The van der Waals surface area contributed by atoms with E-state index in [2.05, 4.69) is 10.3 Å². The molecule has 4 rings (SSSR count). The van der Waals surface area contributed by atoms with E-state index in [-0.39, 0.29) is 5.91 Å². The number of fused-ring (bicyclic) bond motifs is 1. The second-order valence-electron chi connectivity index (χ2n) is 4.97. The minimum atomic E-state index is -0.0121. The highest BCUT2D eigenvalue weighted by atomic mass is 32.1. The number of hydrogen-bond donors (Lipinski definition) is 1. The van der Waals surface area contributed by atoms with Crippen LogP contribution in [0.15, 0.2) is 29.4 Å². The molecule has 2 aromatic rings. The SMILES string of the molecule is O=C1/C(=C/c2ccc3ncsc3c2)NC(=S)N1C1CC1. The molecule has 1 N–H and O–H groups in total. The monoisotopic (exact) mass is 301 g/mol. The Balaban J connectivity index is 1.69. The maximum absolute atomic E-state index is 12.3. The zero-order valence-corrected chi connectivity index (χ0v) is 12.1. The lowest BCUT2D eigenvalue weighted by molar-refractivity contribution is -0.122. The van der Waals surface area contributed by atoms with Crippen molar-refractivity contribution in [3.63, 3.8) is 0 Å². The highest BCUT2D eigenvalue weighted by Gasteiger charge is 2.41. The largest absolute Gasteiger partial charge is 0.328 e. The first kappa shape index (κ1) is 12.0. The van der Waals surface area contributed by atoms with Gasteiger partial charge in [-0.2, -0.15) is 0 Å². The van der Waals surface area contributed by atoms with E-state index < -0.39 is 0 Å². The van der Waals surface area contributed by atoms with Crippen LogP contribution in [0.25, 0.3) is 16.3 Å². The number of benzene rings is 1. The van der Waals surface area contributed by atoms with Crippen LogP contribution >= 0.6 is 23.6 Å². The fourth-order valence-electron chi connectivity index (χ4n) is 2.34. The second kappa shape index (κ2) is 4.36. The van der Waals surface area contributed by atoms with Crippen LogP contribution in [-0.4, -0.2) is 26.9 Å². The smallest absolute Gasteiger partial charge is 0.276 e. The van der Waals surface area contributed by atoms with E-state index in [1.807, 2.05) is 29.8 Å².